The van der Waals surface area contributed by atoms with E-state index in [0.717, 1.165) is 19.3 Å². The average Bonchev–Trinajstić information content (AvgIpc) is 2.54. The Morgan fingerprint density at radius 1 is 1.38 bits per heavy atom. The molecule has 1 fully saturated rings. The van der Waals surface area contributed by atoms with Gasteiger partial charge in [0.05, 0.1) is 5.92 Å². The maximum absolute atomic E-state index is 11.4. The third-order valence-corrected chi connectivity index (χ3v) is 3.08. The molecule has 2 unspecified atom stereocenters. The standard InChI is InChI=1S/C13H22O3/c1-3-4-5-6-7-12-9-11(8-10(2)14)13(15)16-12/h11-12H,3-9H2,1-2H3. The number of esters is 1. The fourth-order valence-electron chi connectivity index (χ4n) is 2.21. The summed E-state index contributed by atoms with van der Waals surface area (Å²) in [4.78, 5) is 22.4. The second-order valence-electron chi connectivity index (χ2n) is 4.75. The zero-order chi connectivity index (χ0) is 12.0. The second-order valence-corrected chi connectivity index (χ2v) is 4.75. The molecular weight excluding hydrogens is 204 g/mol. The van der Waals surface area contributed by atoms with Crippen LogP contribution in [0, 0.1) is 5.92 Å². The Morgan fingerprint density at radius 3 is 2.75 bits per heavy atom. The Morgan fingerprint density at radius 2 is 2.12 bits per heavy atom. The van der Waals surface area contributed by atoms with Crippen LogP contribution in [-0.4, -0.2) is 17.9 Å². The minimum atomic E-state index is -0.173. The van der Waals surface area contributed by atoms with Crippen molar-refractivity contribution in [1.29, 1.82) is 0 Å². The van der Waals surface area contributed by atoms with Gasteiger partial charge in [-0.15, -0.1) is 0 Å². The normalized spacial score (nSPS) is 24.5. The second kappa shape index (κ2) is 6.66. The van der Waals surface area contributed by atoms with Crippen molar-refractivity contribution in [3.05, 3.63) is 0 Å². The Hall–Kier alpha value is -0.860. The molecule has 0 N–H and O–H groups in total. The molecular formula is C13H22O3. The molecule has 1 heterocycles. The van der Waals surface area contributed by atoms with Crippen molar-refractivity contribution in [3.8, 4) is 0 Å². The molecule has 0 aromatic carbocycles. The van der Waals surface area contributed by atoms with Crippen molar-refractivity contribution >= 4 is 11.8 Å². The van der Waals surface area contributed by atoms with Gasteiger partial charge in [0.15, 0.2) is 0 Å². The Balaban J connectivity index is 2.22. The molecule has 3 heteroatoms. The number of hydrogen-bond acceptors (Lipinski definition) is 3. The number of carbonyl (C=O) groups excluding carboxylic acids is 2. The van der Waals surface area contributed by atoms with Gasteiger partial charge in [0.2, 0.25) is 0 Å². The van der Waals surface area contributed by atoms with Crippen LogP contribution in [-0.2, 0) is 14.3 Å². The molecule has 0 amide bonds. The van der Waals surface area contributed by atoms with Crippen LogP contribution in [0.25, 0.3) is 0 Å². The van der Waals surface area contributed by atoms with E-state index in [2.05, 4.69) is 6.92 Å². The first-order valence-electron chi connectivity index (χ1n) is 6.33. The van der Waals surface area contributed by atoms with E-state index in [1.165, 1.54) is 26.2 Å². The number of ether oxygens (including phenoxy) is 1. The first-order valence-corrected chi connectivity index (χ1v) is 6.33. The van der Waals surface area contributed by atoms with E-state index in [9.17, 15) is 9.59 Å². The SMILES string of the molecule is CCCCCCC1CC(CC(C)=O)C(=O)O1. The number of ketones is 1. The lowest BCUT2D eigenvalue weighted by molar-refractivity contribution is -0.145. The summed E-state index contributed by atoms with van der Waals surface area (Å²) in [6.07, 6.45) is 6.92. The van der Waals surface area contributed by atoms with Gasteiger partial charge < -0.3 is 9.53 Å². The van der Waals surface area contributed by atoms with Gasteiger partial charge in [-0.25, -0.2) is 0 Å². The van der Waals surface area contributed by atoms with E-state index >= 15 is 0 Å². The lowest BCUT2D eigenvalue weighted by atomic mass is 9.97. The van der Waals surface area contributed by atoms with E-state index in [4.69, 9.17) is 4.74 Å². The van der Waals surface area contributed by atoms with Crippen molar-refractivity contribution in [3.63, 3.8) is 0 Å². The van der Waals surface area contributed by atoms with Gasteiger partial charge in [-0.2, -0.15) is 0 Å². The molecule has 1 aliphatic heterocycles. The molecule has 0 bridgehead atoms. The highest BCUT2D eigenvalue weighted by Gasteiger charge is 2.34. The number of Topliss-reactive ketones (excluding diaryl/α,β-unsaturated/α-hetero) is 1. The minimum absolute atomic E-state index is 0.0636. The van der Waals surface area contributed by atoms with E-state index in [0.29, 0.717) is 6.42 Å². The van der Waals surface area contributed by atoms with E-state index in [-0.39, 0.29) is 23.8 Å². The molecule has 0 spiro atoms. The summed E-state index contributed by atoms with van der Waals surface area (Å²) < 4.78 is 5.26. The number of cyclic esters (lactones) is 1. The van der Waals surface area contributed by atoms with Crippen molar-refractivity contribution in [2.24, 2.45) is 5.92 Å². The molecule has 3 nitrogen and oxygen atoms in total. The quantitative estimate of drug-likeness (QED) is 0.495. The topological polar surface area (TPSA) is 43.4 Å². The predicted molar refractivity (Wildman–Crippen MR) is 62.0 cm³/mol. The van der Waals surface area contributed by atoms with Crippen LogP contribution in [0.1, 0.15) is 58.8 Å². The van der Waals surface area contributed by atoms with Crippen LogP contribution in [0.4, 0.5) is 0 Å². The Kier molecular flexibility index (Phi) is 5.50. The first kappa shape index (κ1) is 13.2. The Bertz CT molecular complexity index is 248. The maximum atomic E-state index is 11.4. The van der Waals surface area contributed by atoms with Gasteiger partial charge in [-0.3, -0.25) is 4.79 Å². The van der Waals surface area contributed by atoms with Gasteiger partial charge in [0.1, 0.15) is 11.9 Å². The van der Waals surface area contributed by atoms with Crippen LogP contribution in [0.3, 0.4) is 0 Å². The Labute approximate surface area is 97.5 Å². The van der Waals surface area contributed by atoms with Crippen LogP contribution in [0.15, 0.2) is 0 Å². The summed E-state index contributed by atoms with van der Waals surface area (Å²) in [7, 11) is 0. The van der Waals surface area contributed by atoms with E-state index < -0.39 is 0 Å². The summed E-state index contributed by atoms with van der Waals surface area (Å²) in [5.74, 6) is -0.266. The third kappa shape index (κ3) is 4.33. The summed E-state index contributed by atoms with van der Waals surface area (Å²) in [5, 5.41) is 0. The van der Waals surface area contributed by atoms with Crippen LogP contribution >= 0.6 is 0 Å². The molecule has 16 heavy (non-hydrogen) atoms. The molecule has 1 saturated heterocycles. The van der Waals surface area contributed by atoms with Gasteiger partial charge in [-0.05, 0) is 26.2 Å². The molecule has 92 valence electrons. The molecule has 0 aromatic rings. The zero-order valence-corrected chi connectivity index (χ0v) is 10.3. The lowest BCUT2D eigenvalue weighted by Gasteiger charge is -2.07. The van der Waals surface area contributed by atoms with Crippen LogP contribution < -0.4 is 0 Å². The molecule has 1 rings (SSSR count). The molecule has 1 aliphatic rings. The van der Waals surface area contributed by atoms with Crippen molar-refractivity contribution in [1.82, 2.24) is 0 Å². The van der Waals surface area contributed by atoms with Crippen LogP contribution in [0.2, 0.25) is 0 Å². The average molecular weight is 226 g/mol. The smallest absolute Gasteiger partial charge is 0.309 e. The minimum Gasteiger partial charge on any atom is -0.462 e. The van der Waals surface area contributed by atoms with Crippen LogP contribution in [0.5, 0.6) is 0 Å². The van der Waals surface area contributed by atoms with Crippen molar-refractivity contribution in [2.75, 3.05) is 0 Å². The molecule has 0 aliphatic carbocycles. The largest absolute Gasteiger partial charge is 0.462 e. The maximum Gasteiger partial charge on any atom is 0.309 e. The summed E-state index contributed by atoms with van der Waals surface area (Å²) in [6.45, 7) is 3.71. The molecule has 2 atom stereocenters. The number of carbonyl (C=O) groups is 2. The fraction of sp³-hybridized carbons (Fsp3) is 0.846. The number of hydrogen-bond donors (Lipinski definition) is 0. The van der Waals surface area contributed by atoms with Crippen molar-refractivity contribution < 1.29 is 14.3 Å². The summed E-state index contributed by atoms with van der Waals surface area (Å²) >= 11 is 0. The summed E-state index contributed by atoms with van der Waals surface area (Å²) in [6, 6.07) is 0. The zero-order valence-electron chi connectivity index (χ0n) is 10.3. The van der Waals surface area contributed by atoms with Crippen molar-refractivity contribution in [2.45, 2.75) is 64.9 Å². The highest BCUT2D eigenvalue weighted by atomic mass is 16.5. The first-order chi connectivity index (χ1) is 7.63. The highest BCUT2D eigenvalue weighted by molar-refractivity contribution is 5.83. The predicted octanol–water partition coefficient (Wildman–Crippen LogP) is 2.87. The third-order valence-electron chi connectivity index (χ3n) is 3.08. The van der Waals surface area contributed by atoms with E-state index in [1.807, 2.05) is 0 Å². The molecule has 0 aromatic heterocycles. The van der Waals surface area contributed by atoms with Gasteiger partial charge in [0.25, 0.3) is 0 Å². The highest BCUT2D eigenvalue weighted by Crippen LogP contribution is 2.27. The fourth-order valence-corrected chi connectivity index (χ4v) is 2.21. The van der Waals surface area contributed by atoms with Gasteiger partial charge in [-0.1, -0.05) is 26.2 Å². The van der Waals surface area contributed by atoms with Gasteiger partial charge >= 0.3 is 5.97 Å². The van der Waals surface area contributed by atoms with E-state index in [1.54, 1.807) is 0 Å². The monoisotopic (exact) mass is 226 g/mol. The number of unbranched alkanes of at least 4 members (excludes halogenated alkanes) is 3. The van der Waals surface area contributed by atoms with Gasteiger partial charge in [0, 0.05) is 6.42 Å². The molecule has 0 saturated carbocycles. The lowest BCUT2D eigenvalue weighted by Crippen LogP contribution is -2.10. The molecule has 0 radical (unpaired) electrons. The summed E-state index contributed by atoms with van der Waals surface area (Å²) in [5.41, 5.74) is 0. The number of rotatable bonds is 7.